The molecule has 1 heterocycles. The summed E-state index contributed by atoms with van der Waals surface area (Å²) in [4.78, 5) is 25.5. The normalized spacial score (nSPS) is 19.0. The first kappa shape index (κ1) is 21.0. The van der Waals surface area contributed by atoms with Crippen LogP contribution in [0.15, 0.2) is 17.7 Å². The highest BCUT2D eigenvalue weighted by atomic mass is 16.3. The lowest BCUT2D eigenvalue weighted by Crippen LogP contribution is -2.47. The number of phenolic OH excluding ortho intramolecular Hbond substituents is 1. The van der Waals surface area contributed by atoms with Crippen molar-refractivity contribution in [1.82, 2.24) is 4.90 Å². The van der Waals surface area contributed by atoms with E-state index in [9.17, 15) is 14.7 Å². The summed E-state index contributed by atoms with van der Waals surface area (Å²) in [5.41, 5.74) is 7.30. The minimum Gasteiger partial charge on any atom is -0.507 e. The quantitative estimate of drug-likeness (QED) is 0.714. The van der Waals surface area contributed by atoms with Gasteiger partial charge in [-0.15, -0.1) is 0 Å². The third kappa shape index (κ3) is 4.02. The number of nitrogens with zero attached hydrogens (tertiary/aromatic N) is 1. The number of aromatic hydroxyl groups is 1. The minimum atomic E-state index is -0.732. The summed E-state index contributed by atoms with van der Waals surface area (Å²) in [6, 6.07) is 3.11. The van der Waals surface area contributed by atoms with Crippen LogP contribution in [0.5, 0.6) is 5.75 Å². The molecule has 0 saturated carbocycles. The van der Waals surface area contributed by atoms with Crippen molar-refractivity contribution < 1.29 is 14.7 Å². The highest BCUT2D eigenvalue weighted by molar-refractivity contribution is 6.09. The largest absolute Gasteiger partial charge is 0.507 e. The van der Waals surface area contributed by atoms with E-state index in [4.69, 9.17) is 5.73 Å². The molecule has 3 amide bonds. The van der Waals surface area contributed by atoms with Crippen molar-refractivity contribution in [3.05, 3.63) is 34.4 Å². The Hall–Kier alpha value is -2.30. The van der Waals surface area contributed by atoms with Crippen LogP contribution in [0, 0.1) is 0 Å². The van der Waals surface area contributed by atoms with Gasteiger partial charge >= 0.3 is 6.03 Å². The van der Waals surface area contributed by atoms with Crippen LogP contribution < -0.4 is 5.73 Å². The van der Waals surface area contributed by atoms with Crippen LogP contribution in [-0.4, -0.2) is 27.5 Å². The number of likely N-dealkylation sites (tertiary alicyclic amines) is 1. The molecule has 1 aromatic carbocycles. The molecule has 0 spiro atoms. The first-order chi connectivity index (χ1) is 12.1. The number of hydrogen-bond acceptors (Lipinski definition) is 3. The Labute approximate surface area is 162 Å². The van der Waals surface area contributed by atoms with Crippen LogP contribution >= 0.6 is 0 Å². The van der Waals surface area contributed by atoms with Crippen molar-refractivity contribution >= 4 is 18.0 Å². The number of carbonyl (C=O) groups excluding carboxylic acids is 2. The first-order valence-electron chi connectivity index (χ1n) is 9.28. The molecule has 0 atom stereocenters. The van der Waals surface area contributed by atoms with Gasteiger partial charge in [0.1, 0.15) is 5.75 Å². The van der Waals surface area contributed by atoms with E-state index in [-0.39, 0.29) is 16.7 Å². The molecule has 5 nitrogen and oxygen atoms in total. The van der Waals surface area contributed by atoms with Crippen LogP contribution in [0.2, 0.25) is 0 Å². The van der Waals surface area contributed by atoms with E-state index in [2.05, 4.69) is 0 Å². The number of hydrogen-bond donors (Lipinski definition) is 2. The molecule has 27 heavy (non-hydrogen) atoms. The summed E-state index contributed by atoms with van der Waals surface area (Å²) >= 11 is 0. The number of rotatable bonds is 1. The Morgan fingerprint density at radius 2 is 1.56 bits per heavy atom. The van der Waals surface area contributed by atoms with Crippen molar-refractivity contribution in [3.63, 3.8) is 0 Å². The summed E-state index contributed by atoms with van der Waals surface area (Å²) in [5, 5.41) is 10.8. The fraction of sp³-hybridized carbons (Fsp3) is 0.545. The second kappa shape index (κ2) is 6.39. The van der Waals surface area contributed by atoms with Gasteiger partial charge in [0.2, 0.25) is 0 Å². The molecule has 1 aromatic rings. The Morgan fingerprint density at radius 3 is 1.89 bits per heavy atom. The van der Waals surface area contributed by atoms with Crippen molar-refractivity contribution in [3.8, 4) is 5.75 Å². The summed E-state index contributed by atoms with van der Waals surface area (Å²) in [6.07, 6.45) is 2.25. The molecular formula is C22H32N2O3. The average molecular weight is 373 g/mol. The van der Waals surface area contributed by atoms with Crippen LogP contribution in [-0.2, 0) is 15.6 Å². The Balaban J connectivity index is 2.65. The van der Waals surface area contributed by atoms with Crippen molar-refractivity contribution in [2.75, 3.05) is 0 Å². The molecule has 2 rings (SSSR count). The monoisotopic (exact) mass is 372 g/mol. The Morgan fingerprint density at radius 1 is 1.11 bits per heavy atom. The van der Waals surface area contributed by atoms with Gasteiger partial charge in [-0.1, -0.05) is 41.5 Å². The van der Waals surface area contributed by atoms with E-state index >= 15 is 0 Å². The maximum atomic E-state index is 12.7. The second-order valence-electron chi connectivity index (χ2n) is 10.1. The van der Waals surface area contributed by atoms with Gasteiger partial charge in [-0.05, 0) is 48.4 Å². The molecule has 1 aliphatic heterocycles. The van der Waals surface area contributed by atoms with E-state index in [1.807, 2.05) is 73.6 Å². The van der Waals surface area contributed by atoms with E-state index < -0.39 is 11.6 Å². The highest BCUT2D eigenvalue weighted by Gasteiger charge is 2.44. The molecule has 3 N–H and O–H groups in total. The first-order valence-corrected chi connectivity index (χ1v) is 9.28. The van der Waals surface area contributed by atoms with Gasteiger partial charge < -0.3 is 10.8 Å². The smallest absolute Gasteiger partial charge is 0.322 e. The van der Waals surface area contributed by atoms with E-state index in [0.29, 0.717) is 17.7 Å². The lowest BCUT2D eigenvalue weighted by Gasteiger charge is -2.28. The molecule has 0 aromatic heterocycles. The molecule has 0 aliphatic carbocycles. The van der Waals surface area contributed by atoms with Crippen LogP contribution in [0.4, 0.5) is 4.79 Å². The Kier molecular flexibility index (Phi) is 4.98. The van der Waals surface area contributed by atoms with Gasteiger partial charge in [0, 0.05) is 23.1 Å². The van der Waals surface area contributed by atoms with Crippen LogP contribution in [0.25, 0.3) is 6.08 Å². The lowest BCUT2D eigenvalue weighted by molar-refractivity contribution is -0.124. The molecule has 1 saturated heterocycles. The lowest BCUT2D eigenvalue weighted by atomic mass is 9.78. The minimum absolute atomic E-state index is 0.253. The number of phenols is 1. The van der Waals surface area contributed by atoms with Gasteiger partial charge in [0.25, 0.3) is 5.91 Å². The number of carbonyl (C=O) groups is 2. The maximum Gasteiger partial charge on any atom is 0.322 e. The number of primary amides is 1. The topological polar surface area (TPSA) is 83.6 Å². The van der Waals surface area contributed by atoms with Gasteiger partial charge in [-0.3, -0.25) is 9.69 Å². The molecule has 0 bridgehead atoms. The summed E-state index contributed by atoms with van der Waals surface area (Å²) in [5.74, 6) is -0.0517. The predicted octanol–water partition coefficient (Wildman–Crippen LogP) is 4.46. The second-order valence-corrected chi connectivity index (χ2v) is 10.1. The fourth-order valence-corrected chi connectivity index (χ4v) is 3.64. The maximum absolute atomic E-state index is 12.7. The van der Waals surface area contributed by atoms with E-state index in [0.717, 1.165) is 21.6 Å². The van der Waals surface area contributed by atoms with Crippen molar-refractivity contribution in [1.29, 1.82) is 0 Å². The number of urea groups is 1. The van der Waals surface area contributed by atoms with Crippen LogP contribution in [0.1, 0.15) is 78.5 Å². The van der Waals surface area contributed by atoms with Gasteiger partial charge in [0.15, 0.2) is 0 Å². The average Bonchev–Trinajstić information content (AvgIpc) is 2.67. The summed E-state index contributed by atoms with van der Waals surface area (Å²) in [6.45, 7) is 15.9. The highest BCUT2D eigenvalue weighted by Crippen LogP contribution is 2.41. The zero-order valence-electron chi connectivity index (χ0n) is 17.7. The summed E-state index contributed by atoms with van der Waals surface area (Å²) < 4.78 is 0. The van der Waals surface area contributed by atoms with Gasteiger partial charge in [0.05, 0.1) is 5.54 Å². The molecule has 1 aliphatic rings. The van der Waals surface area contributed by atoms with Crippen molar-refractivity contribution in [2.24, 2.45) is 5.73 Å². The summed E-state index contributed by atoms with van der Waals surface area (Å²) in [7, 11) is 0. The number of benzene rings is 1. The third-order valence-electron chi connectivity index (χ3n) is 5.02. The van der Waals surface area contributed by atoms with Crippen molar-refractivity contribution in [2.45, 2.75) is 78.2 Å². The third-order valence-corrected chi connectivity index (χ3v) is 5.02. The zero-order valence-corrected chi connectivity index (χ0v) is 17.7. The Bertz CT molecular complexity index is 786. The zero-order chi connectivity index (χ0) is 20.9. The van der Waals surface area contributed by atoms with Gasteiger partial charge in [-0.25, -0.2) is 4.79 Å². The fourth-order valence-electron chi connectivity index (χ4n) is 3.64. The molecule has 1 fully saturated rings. The van der Waals surface area contributed by atoms with Gasteiger partial charge in [-0.2, -0.15) is 0 Å². The standard InChI is InChI=1S/C22H32N2O3/c1-20(2,3)15-10-13(11-16(17(15)25)21(4,5)6)9-14-12-22(7,8)24(18(14)26)19(23)27/h9-11,25H,12H2,1-8H3,(H2,23,27)/b14-9-. The number of nitrogens with two attached hydrogens (primary N) is 1. The molecule has 148 valence electrons. The number of amides is 3. The van der Waals surface area contributed by atoms with E-state index in [1.54, 1.807) is 0 Å². The van der Waals surface area contributed by atoms with E-state index in [1.165, 1.54) is 0 Å². The SMILES string of the molecule is CC(C)(C)c1cc(/C=C2/CC(C)(C)N(C(N)=O)C2=O)cc(C(C)(C)C)c1O. The molecule has 5 heteroatoms. The molecular weight excluding hydrogens is 340 g/mol. The molecule has 0 unspecified atom stereocenters. The molecule has 0 radical (unpaired) electrons. The predicted molar refractivity (Wildman–Crippen MR) is 109 cm³/mol. The van der Waals surface area contributed by atoms with Crippen LogP contribution in [0.3, 0.4) is 0 Å². The number of imide groups is 1.